The molecule has 1 aliphatic carbocycles. The molecular formula is C95H80N2O4S. The van der Waals surface area contributed by atoms with Gasteiger partial charge in [-0.3, -0.25) is 0 Å². The Balaban J connectivity index is 1.02. The van der Waals surface area contributed by atoms with Crippen LogP contribution in [0, 0.1) is 0 Å². The quantitative estimate of drug-likeness (QED) is 0.135. The molecule has 7 heteroatoms. The van der Waals surface area contributed by atoms with E-state index in [1.807, 2.05) is 0 Å². The summed E-state index contributed by atoms with van der Waals surface area (Å²) in [7, 11) is 0. The molecule has 102 heavy (non-hydrogen) atoms. The topological polar surface area (TPSA) is 59.0 Å². The number of rotatable bonds is 10. The highest BCUT2D eigenvalue weighted by Gasteiger charge is 2.51. The molecule has 4 aromatic heterocycles. The van der Waals surface area contributed by atoms with Crippen molar-refractivity contribution < 1.29 is 17.7 Å². The first-order valence-electron chi connectivity index (χ1n) is 35.7. The van der Waals surface area contributed by atoms with Crippen LogP contribution in [0.2, 0.25) is 0 Å². The zero-order chi connectivity index (χ0) is 69.9. The van der Waals surface area contributed by atoms with Gasteiger partial charge in [0.2, 0.25) is 0 Å². The smallest absolute Gasteiger partial charge is 0.160 e. The molecule has 0 saturated carbocycles. The number of furan rings is 4. The number of hydrogen-bond donors (Lipinski definition) is 0. The van der Waals surface area contributed by atoms with Crippen LogP contribution >= 0.6 is 11.8 Å². The molecule has 1 aliphatic rings. The summed E-state index contributed by atoms with van der Waals surface area (Å²) < 4.78 is 29.8. The summed E-state index contributed by atoms with van der Waals surface area (Å²) in [4.78, 5) is 7.18. The van der Waals surface area contributed by atoms with Crippen LogP contribution in [-0.2, 0) is 27.1 Å². The highest BCUT2D eigenvalue weighted by Crippen LogP contribution is 2.65. The predicted molar refractivity (Wildman–Crippen MR) is 428 cm³/mol. The van der Waals surface area contributed by atoms with Gasteiger partial charge in [-0.15, -0.1) is 0 Å². The minimum Gasteiger partial charge on any atom is -0.455 e. The van der Waals surface area contributed by atoms with Gasteiger partial charge in [0.05, 0.1) is 33.6 Å². The van der Waals surface area contributed by atoms with Gasteiger partial charge in [-0.2, -0.15) is 0 Å². The Morgan fingerprint density at radius 3 is 1.07 bits per heavy atom. The lowest BCUT2D eigenvalue weighted by Crippen LogP contribution is -2.29. The van der Waals surface area contributed by atoms with Crippen LogP contribution in [0.4, 0.5) is 34.1 Å². The fraction of sp³-hybridized carbons (Fsp3) is 0.179. The molecule has 13 aromatic carbocycles. The van der Waals surface area contributed by atoms with Gasteiger partial charge in [0.15, 0.2) is 16.7 Å². The number of benzene rings is 13. The van der Waals surface area contributed by atoms with Crippen molar-refractivity contribution in [3.8, 4) is 11.1 Å². The van der Waals surface area contributed by atoms with Crippen molar-refractivity contribution in [1.29, 1.82) is 0 Å². The van der Waals surface area contributed by atoms with Gasteiger partial charge in [-0.25, -0.2) is 0 Å². The van der Waals surface area contributed by atoms with Crippen molar-refractivity contribution in [2.24, 2.45) is 0 Å². The van der Waals surface area contributed by atoms with Gasteiger partial charge < -0.3 is 27.5 Å². The maximum Gasteiger partial charge on any atom is 0.160 e. The number of fused-ring (bicyclic) bond motifs is 17. The first-order chi connectivity index (χ1) is 49.1. The minimum atomic E-state index is -1.08. The average Bonchev–Trinajstić information content (AvgIpc) is 1.50. The van der Waals surface area contributed by atoms with Gasteiger partial charge in [0.1, 0.15) is 27.9 Å². The highest BCUT2D eigenvalue weighted by atomic mass is 32.2. The molecule has 0 fully saturated rings. The van der Waals surface area contributed by atoms with E-state index in [9.17, 15) is 0 Å². The van der Waals surface area contributed by atoms with Crippen molar-refractivity contribution in [1.82, 2.24) is 0 Å². The fourth-order valence-corrected chi connectivity index (χ4v) is 17.0. The van der Waals surface area contributed by atoms with Gasteiger partial charge >= 0.3 is 0 Å². The normalized spacial score (nSPS) is 14.4. The zero-order valence-electron chi connectivity index (χ0n) is 59.8. The number of para-hydroxylation sites is 6. The first-order valence-corrected chi connectivity index (χ1v) is 36.5. The molecule has 17 aromatic rings. The monoisotopic (exact) mass is 1340 g/mol. The molecule has 0 amide bonds. The largest absolute Gasteiger partial charge is 0.455 e. The van der Waals surface area contributed by atoms with E-state index in [4.69, 9.17) is 17.7 Å². The highest BCUT2D eigenvalue weighted by molar-refractivity contribution is 7.99. The number of hydrogen-bond acceptors (Lipinski definition) is 7. The van der Waals surface area contributed by atoms with E-state index in [2.05, 4.69) is 360 Å². The fourth-order valence-electron chi connectivity index (χ4n) is 16.1. The molecule has 0 bridgehead atoms. The van der Waals surface area contributed by atoms with Gasteiger partial charge in [0, 0.05) is 70.0 Å². The summed E-state index contributed by atoms with van der Waals surface area (Å²) in [5.74, 6) is 0. The molecule has 0 radical (unpaired) electrons. The molecule has 0 aliphatic heterocycles. The van der Waals surface area contributed by atoms with Crippen LogP contribution in [0.3, 0.4) is 0 Å². The van der Waals surface area contributed by atoms with Crippen LogP contribution in [0.15, 0.2) is 294 Å². The standard InChI is InChI=1S/C95H80N2O4S/c1-91(2,3)57-35-37-61(38-36-57)95(62-45-53-66(54-46-62)102-65-51-43-60(44-52-65)94(10,11)12)73-56-78(97(64-49-41-59(42-50-64)93(7,8)9)76-30-22-28-70-68-24-14-18-32-80(68)99-88(70)76)89-84(72-26-16-20-34-82(72)100-89)85(73)86-74(95)55-77(83-71-25-15-19-33-81(71)101-90(83)86)96(63-47-39-58(40-48-63)92(4,5)6)75-29-21-27-69-67-23-13-17-31-79(67)98-87(69)75/h13-56H,1-12H3. The lowest BCUT2D eigenvalue weighted by Gasteiger charge is -2.36. The molecule has 0 N–H and O–H groups in total. The number of anilines is 6. The summed E-state index contributed by atoms with van der Waals surface area (Å²) in [6.07, 6.45) is 0. The van der Waals surface area contributed by atoms with E-state index < -0.39 is 5.41 Å². The van der Waals surface area contributed by atoms with E-state index in [1.54, 1.807) is 11.8 Å². The van der Waals surface area contributed by atoms with E-state index in [1.165, 1.54) is 27.1 Å². The molecule has 500 valence electrons. The van der Waals surface area contributed by atoms with Crippen LogP contribution in [0.5, 0.6) is 0 Å². The third kappa shape index (κ3) is 9.97. The van der Waals surface area contributed by atoms with Crippen LogP contribution in [-0.4, -0.2) is 0 Å². The molecule has 18 rings (SSSR count). The molecule has 6 nitrogen and oxygen atoms in total. The minimum absolute atomic E-state index is 0.0312. The van der Waals surface area contributed by atoms with E-state index >= 15 is 0 Å². The van der Waals surface area contributed by atoms with Crippen molar-refractivity contribution in [2.45, 2.75) is 120 Å². The Bertz CT molecular complexity index is 6180. The maximum atomic E-state index is 7.82. The Labute approximate surface area is 599 Å². The second kappa shape index (κ2) is 23.0. The first kappa shape index (κ1) is 63.2. The third-order valence-corrected chi connectivity index (χ3v) is 22.5. The Morgan fingerprint density at radius 2 is 0.608 bits per heavy atom. The molecule has 0 spiro atoms. The van der Waals surface area contributed by atoms with Crippen LogP contribution < -0.4 is 9.80 Å². The third-order valence-electron chi connectivity index (χ3n) is 21.5. The van der Waals surface area contributed by atoms with Crippen LogP contribution in [0.25, 0.3) is 98.9 Å². The summed E-state index contributed by atoms with van der Waals surface area (Å²) in [5, 5.41) is 8.14. The van der Waals surface area contributed by atoms with Gasteiger partial charge in [-0.05, 0) is 163 Å². The van der Waals surface area contributed by atoms with E-state index in [0.29, 0.717) is 0 Å². The zero-order valence-corrected chi connectivity index (χ0v) is 60.7. The predicted octanol–water partition coefficient (Wildman–Crippen LogP) is 27.9. The van der Waals surface area contributed by atoms with E-state index in [-0.39, 0.29) is 21.7 Å². The SMILES string of the molecule is CC(C)(C)c1ccc(Sc2ccc(C3(c4ccc(C(C)(C)C)cc4)c4cc(N(c5ccc(C(C)(C)C)cc5)c5cccc6c5oc5ccccc56)c5c(oc6ccccc65)c4-c4c3cc(N(c3ccc(C(C)(C)C)cc3)c3cccc5c3oc3ccccc35)c3oc5ccccc5c43)cc2)cc1. The average molecular weight is 1350 g/mol. The van der Waals surface area contributed by atoms with Crippen LogP contribution in [0.1, 0.15) is 128 Å². The van der Waals surface area contributed by atoms with Gasteiger partial charge in [-0.1, -0.05) is 265 Å². The van der Waals surface area contributed by atoms with E-state index in [0.717, 1.165) is 160 Å². The molecule has 4 heterocycles. The lowest BCUT2D eigenvalue weighted by atomic mass is 9.67. The molecular weight excluding hydrogens is 1270 g/mol. The molecule has 0 saturated heterocycles. The van der Waals surface area contributed by atoms with Crippen molar-refractivity contribution in [3.63, 3.8) is 0 Å². The second-order valence-corrected chi connectivity index (χ2v) is 33.1. The summed E-state index contributed by atoms with van der Waals surface area (Å²) in [5.41, 5.74) is 21.9. The van der Waals surface area contributed by atoms with Crippen molar-refractivity contribution in [3.05, 3.63) is 311 Å². The Kier molecular flexibility index (Phi) is 14.3. The lowest BCUT2D eigenvalue weighted by molar-refractivity contribution is 0.589. The van der Waals surface area contributed by atoms with Gasteiger partial charge in [0.25, 0.3) is 0 Å². The maximum absolute atomic E-state index is 7.82. The Hall–Kier alpha value is -11.0. The summed E-state index contributed by atoms with van der Waals surface area (Å²) in [6.45, 7) is 27.4. The second-order valence-electron chi connectivity index (χ2n) is 32.0. The van der Waals surface area contributed by atoms with Crippen molar-refractivity contribution in [2.75, 3.05) is 9.80 Å². The molecule has 1 atom stereocenters. The number of nitrogens with zero attached hydrogens (tertiary/aromatic N) is 2. The van der Waals surface area contributed by atoms with Crippen molar-refractivity contribution >= 4 is 134 Å². The molecule has 1 unspecified atom stereocenters. The summed E-state index contributed by atoms with van der Waals surface area (Å²) >= 11 is 1.79. The summed E-state index contributed by atoms with van der Waals surface area (Å²) in [6, 6.07) is 98.6. The Morgan fingerprint density at radius 1 is 0.275 bits per heavy atom.